The quantitative estimate of drug-likeness (QED) is 0.897. The van der Waals surface area contributed by atoms with Crippen LogP contribution in [0.4, 0.5) is 0 Å². The van der Waals surface area contributed by atoms with Crippen LogP contribution in [-0.4, -0.2) is 12.6 Å². The molecule has 0 aromatic heterocycles. The zero-order valence-electron chi connectivity index (χ0n) is 10.1. The molecular weight excluding hydrogens is 234 g/mol. The largest absolute Gasteiger partial charge is 0.493 e. The second kappa shape index (κ2) is 3.89. The fraction of sp³-hybridized carbons (Fsp3) is 0.571. The Hall–Kier alpha value is -0.730. The Bertz CT molecular complexity index is 454. The highest BCUT2D eigenvalue weighted by Gasteiger charge is 2.43. The third-order valence-electron chi connectivity index (χ3n) is 4.20. The van der Waals surface area contributed by atoms with Gasteiger partial charge in [-0.2, -0.15) is 0 Å². The molecule has 3 heteroatoms. The molecule has 1 aromatic carbocycles. The standard InChI is InChI=1S/C14H18ClNO/c1-14(3-4-14)12(16)8-10-7-11(15)6-9-2-5-17-13(9)10/h6-7,12H,2-5,8,16H2,1H3. The average molecular weight is 252 g/mol. The molecule has 0 radical (unpaired) electrons. The second-order valence-corrected chi connectivity index (χ2v) is 6.05. The van der Waals surface area contributed by atoms with Crippen molar-refractivity contribution >= 4 is 11.6 Å². The maximum absolute atomic E-state index is 6.29. The molecule has 1 saturated carbocycles. The summed E-state index contributed by atoms with van der Waals surface area (Å²) in [6.45, 7) is 3.04. The molecule has 1 heterocycles. The van der Waals surface area contributed by atoms with E-state index in [1.807, 2.05) is 12.1 Å². The van der Waals surface area contributed by atoms with Crippen molar-refractivity contribution in [2.45, 2.75) is 38.6 Å². The lowest BCUT2D eigenvalue weighted by Crippen LogP contribution is -2.32. The number of rotatable bonds is 3. The van der Waals surface area contributed by atoms with Gasteiger partial charge in [-0.25, -0.2) is 0 Å². The molecule has 3 rings (SSSR count). The average Bonchev–Trinajstić information content (AvgIpc) is 2.86. The predicted octanol–water partition coefficient (Wildman–Crippen LogP) is 2.94. The Morgan fingerprint density at radius 2 is 2.24 bits per heavy atom. The van der Waals surface area contributed by atoms with Crippen molar-refractivity contribution in [2.24, 2.45) is 11.1 Å². The Morgan fingerprint density at radius 1 is 1.47 bits per heavy atom. The molecule has 1 unspecified atom stereocenters. The van der Waals surface area contributed by atoms with Crippen LogP contribution in [0.3, 0.4) is 0 Å². The van der Waals surface area contributed by atoms with Crippen LogP contribution in [0.5, 0.6) is 5.75 Å². The van der Waals surface area contributed by atoms with Gasteiger partial charge in [0.05, 0.1) is 6.61 Å². The predicted molar refractivity (Wildman–Crippen MR) is 69.7 cm³/mol. The summed E-state index contributed by atoms with van der Waals surface area (Å²) in [6, 6.07) is 4.24. The molecule has 1 aromatic rings. The van der Waals surface area contributed by atoms with Crippen molar-refractivity contribution in [3.8, 4) is 5.75 Å². The molecule has 0 saturated heterocycles. The molecular formula is C14H18ClNO. The van der Waals surface area contributed by atoms with Crippen LogP contribution in [0.1, 0.15) is 30.9 Å². The monoisotopic (exact) mass is 251 g/mol. The molecule has 1 fully saturated rings. The SMILES string of the molecule is CC1(C(N)Cc2cc(Cl)cc3c2OCC3)CC1. The molecule has 0 spiro atoms. The lowest BCUT2D eigenvalue weighted by atomic mass is 9.92. The number of nitrogens with two attached hydrogens (primary N) is 1. The van der Waals surface area contributed by atoms with Crippen molar-refractivity contribution in [1.82, 2.24) is 0 Å². The summed E-state index contributed by atoms with van der Waals surface area (Å²) < 4.78 is 5.70. The lowest BCUT2D eigenvalue weighted by molar-refractivity contribution is 0.349. The Balaban J connectivity index is 1.87. The van der Waals surface area contributed by atoms with Gasteiger partial charge in [0.1, 0.15) is 5.75 Å². The zero-order chi connectivity index (χ0) is 12.0. The summed E-state index contributed by atoms with van der Waals surface area (Å²) in [7, 11) is 0. The summed E-state index contributed by atoms with van der Waals surface area (Å²) in [5.41, 5.74) is 9.05. The van der Waals surface area contributed by atoms with Gasteiger partial charge in [0.15, 0.2) is 0 Å². The fourth-order valence-corrected chi connectivity index (χ4v) is 2.81. The van der Waals surface area contributed by atoms with Gasteiger partial charge in [-0.3, -0.25) is 0 Å². The third-order valence-corrected chi connectivity index (χ3v) is 4.42. The van der Waals surface area contributed by atoms with Crippen molar-refractivity contribution in [2.75, 3.05) is 6.61 Å². The lowest BCUT2D eigenvalue weighted by Gasteiger charge is -2.20. The van der Waals surface area contributed by atoms with E-state index in [9.17, 15) is 0 Å². The summed E-state index contributed by atoms with van der Waals surface area (Å²) in [5.74, 6) is 1.04. The van der Waals surface area contributed by atoms with Crippen molar-refractivity contribution in [3.05, 3.63) is 28.3 Å². The van der Waals surface area contributed by atoms with Gasteiger partial charge in [0, 0.05) is 17.5 Å². The van der Waals surface area contributed by atoms with Crippen molar-refractivity contribution in [3.63, 3.8) is 0 Å². The molecule has 0 bridgehead atoms. The zero-order valence-corrected chi connectivity index (χ0v) is 10.9. The van der Waals surface area contributed by atoms with E-state index in [0.717, 1.165) is 30.2 Å². The van der Waals surface area contributed by atoms with Crippen molar-refractivity contribution < 1.29 is 4.74 Å². The van der Waals surface area contributed by atoms with E-state index in [0.29, 0.717) is 5.41 Å². The van der Waals surface area contributed by atoms with E-state index in [4.69, 9.17) is 22.1 Å². The number of hydrogen-bond acceptors (Lipinski definition) is 2. The highest BCUT2D eigenvalue weighted by atomic mass is 35.5. The number of benzene rings is 1. The number of ether oxygens (including phenoxy) is 1. The summed E-state index contributed by atoms with van der Waals surface area (Å²) in [5, 5.41) is 0.803. The summed E-state index contributed by atoms with van der Waals surface area (Å²) in [4.78, 5) is 0. The van der Waals surface area contributed by atoms with Crippen LogP contribution in [0, 0.1) is 5.41 Å². The minimum atomic E-state index is 0.217. The first kappa shape index (κ1) is 11.4. The van der Waals surface area contributed by atoms with Crippen LogP contribution in [0.2, 0.25) is 5.02 Å². The highest BCUT2D eigenvalue weighted by Crippen LogP contribution is 2.48. The topological polar surface area (TPSA) is 35.2 Å². The van der Waals surface area contributed by atoms with Gasteiger partial charge in [-0.05, 0) is 47.9 Å². The number of hydrogen-bond donors (Lipinski definition) is 1. The van der Waals surface area contributed by atoms with Gasteiger partial charge >= 0.3 is 0 Å². The van der Waals surface area contributed by atoms with E-state index < -0.39 is 0 Å². The summed E-state index contributed by atoms with van der Waals surface area (Å²) >= 11 is 6.15. The maximum atomic E-state index is 6.29. The van der Waals surface area contributed by atoms with Gasteiger partial charge in [-0.15, -0.1) is 0 Å². The minimum absolute atomic E-state index is 0.217. The number of fused-ring (bicyclic) bond motifs is 1. The second-order valence-electron chi connectivity index (χ2n) is 5.62. The van der Waals surface area contributed by atoms with Gasteiger partial charge < -0.3 is 10.5 Å². The Labute approximate surface area is 107 Å². The normalized spacial score (nSPS) is 21.8. The minimum Gasteiger partial charge on any atom is -0.493 e. The molecule has 2 nitrogen and oxygen atoms in total. The smallest absolute Gasteiger partial charge is 0.125 e. The van der Waals surface area contributed by atoms with Crippen LogP contribution in [0.25, 0.3) is 0 Å². The van der Waals surface area contributed by atoms with E-state index in [1.165, 1.54) is 24.0 Å². The van der Waals surface area contributed by atoms with Crippen LogP contribution in [-0.2, 0) is 12.8 Å². The molecule has 0 amide bonds. The maximum Gasteiger partial charge on any atom is 0.125 e. The molecule has 1 aliphatic heterocycles. The molecule has 17 heavy (non-hydrogen) atoms. The first-order chi connectivity index (χ1) is 8.08. The van der Waals surface area contributed by atoms with Gasteiger partial charge in [0.2, 0.25) is 0 Å². The van der Waals surface area contributed by atoms with Crippen LogP contribution in [0.15, 0.2) is 12.1 Å². The molecule has 92 valence electrons. The van der Waals surface area contributed by atoms with Gasteiger partial charge in [0.25, 0.3) is 0 Å². The van der Waals surface area contributed by atoms with E-state index in [1.54, 1.807) is 0 Å². The van der Waals surface area contributed by atoms with Crippen molar-refractivity contribution in [1.29, 1.82) is 0 Å². The Morgan fingerprint density at radius 3 is 2.94 bits per heavy atom. The van der Waals surface area contributed by atoms with Gasteiger partial charge in [-0.1, -0.05) is 18.5 Å². The Kier molecular flexibility index (Phi) is 2.60. The first-order valence-electron chi connectivity index (χ1n) is 6.28. The highest BCUT2D eigenvalue weighted by molar-refractivity contribution is 6.30. The first-order valence-corrected chi connectivity index (χ1v) is 6.66. The van der Waals surface area contributed by atoms with E-state index in [-0.39, 0.29) is 6.04 Å². The molecule has 2 aliphatic rings. The van der Waals surface area contributed by atoms with E-state index >= 15 is 0 Å². The molecule has 1 atom stereocenters. The van der Waals surface area contributed by atoms with Crippen LogP contribution < -0.4 is 10.5 Å². The molecule has 2 N–H and O–H groups in total. The fourth-order valence-electron chi connectivity index (χ4n) is 2.55. The van der Waals surface area contributed by atoms with E-state index in [2.05, 4.69) is 6.92 Å². The summed E-state index contributed by atoms with van der Waals surface area (Å²) in [6.07, 6.45) is 4.34. The van der Waals surface area contributed by atoms with Crippen LogP contribution >= 0.6 is 11.6 Å². The third kappa shape index (κ3) is 2.04. The molecule has 1 aliphatic carbocycles. The number of halogens is 1.